The van der Waals surface area contributed by atoms with Crippen molar-refractivity contribution >= 4 is 17.3 Å². The summed E-state index contributed by atoms with van der Waals surface area (Å²) in [5, 5.41) is 10.1. The summed E-state index contributed by atoms with van der Waals surface area (Å²) in [5.41, 5.74) is 1.37. The molecule has 178 valence electrons. The summed E-state index contributed by atoms with van der Waals surface area (Å²) in [6.07, 6.45) is 0.233. The van der Waals surface area contributed by atoms with E-state index in [1.165, 1.54) is 34.6 Å². The predicted molar refractivity (Wildman–Crippen MR) is 122 cm³/mol. The van der Waals surface area contributed by atoms with Crippen LogP contribution in [0.3, 0.4) is 0 Å². The molecule has 0 saturated heterocycles. The maximum absolute atomic E-state index is 12.8. The third kappa shape index (κ3) is 4.81. The molecule has 5 nitrogen and oxygen atoms in total. The molecular formula is C25H23F3N2O3S. The number of benzene rings is 2. The Labute approximate surface area is 198 Å². The summed E-state index contributed by atoms with van der Waals surface area (Å²) >= 11 is 1.49. The normalized spacial score (nSPS) is 17.6. The summed E-state index contributed by atoms with van der Waals surface area (Å²) in [5.74, 6) is -0.301. The van der Waals surface area contributed by atoms with Crippen LogP contribution in [0.15, 0.2) is 48.7 Å². The molecule has 1 aliphatic heterocycles. The molecule has 1 aliphatic carbocycles. The Kier molecular flexibility index (Phi) is 5.85. The van der Waals surface area contributed by atoms with Crippen LogP contribution in [0.1, 0.15) is 34.4 Å². The van der Waals surface area contributed by atoms with Crippen molar-refractivity contribution in [1.29, 1.82) is 0 Å². The third-order valence-corrected chi connectivity index (χ3v) is 7.40. The Balaban J connectivity index is 1.22. The highest BCUT2D eigenvalue weighted by atomic mass is 32.1. The lowest BCUT2D eigenvalue weighted by Crippen LogP contribution is -2.29. The first-order valence-corrected chi connectivity index (χ1v) is 11.9. The number of aromatic nitrogens is 1. The molecule has 0 spiro atoms. The van der Waals surface area contributed by atoms with E-state index in [-0.39, 0.29) is 0 Å². The van der Waals surface area contributed by atoms with E-state index >= 15 is 0 Å². The van der Waals surface area contributed by atoms with E-state index in [2.05, 4.69) is 9.88 Å². The van der Waals surface area contributed by atoms with E-state index in [1.54, 1.807) is 6.20 Å². The molecule has 0 bridgehead atoms. The van der Waals surface area contributed by atoms with Crippen LogP contribution < -0.4 is 4.74 Å². The second-order valence-electron chi connectivity index (χ2n) is 8.82. The first kappa shape index (κ1) is 22.9. The molecule has 2 heterocycles. The summed E-state index contributed by atoms with van der Waals surface area (Å²) in [4.78, 5) is 19.2. The Bertz CT molecular complexity index is 1200. The van der Waals surface area contributed by atoms with Crippen molar-refractivity contribution in [1.82, 2.24) is 9.88 Å². The molecular weight excluding hydrogens is 465 g/mol. The number of carbonyl (C=O) groups is 1. The van der Waals surface area contributed by atoms with E-state index in [9.17, 15) is 23.1 Å². The summed E-state index contributed by atoms with van der Waals surface area (Å²) < 4.78 is 44.2. The van der Waals surface area contributed by atoms with Crippen LogP contribution in [-0.2, 0) is 30.4 Å². The monoisotopic (exact) mass is 488 g/mol. The fraction of sp³-hybridized carbons (Fsp3) is 0.360. The van der Waals surface area contributed by atoms with E-state index in [1.807, 2.05) is 18.2 Å². The fourth-order valence-corrected chi connectivity index (χ4v) is 5.16. The van der Waals surface area contributed by atoms with Gasteiger partial charge in [-0.1, -0.05) is 18.2 Å². The smallest absolute Gasteiger partial charge is 0.416 e. The Hall–Kier alpha value is -2.91. The third-order valence-electron chi connectivity index (χ3n) is 6.37. The van der Waals surface area contributed by atoms with Gasteiger partial charge in [-0.15, -0.1) is 11.3 Å². The van der Waals surface area contributed by atoms with E-state index in [0.717, 1.165) is 49.5 Å². The number of carboxylic acid groups (broad SMARTS) is 1. The maximum Gasteiger partial charge on any atom is 0.416 e. The molecule has 34 heavy (non-hydrogen) atoms. The standard InChI is InChI=1S/C25H23F3N2O3S/c26-25(27,28)19-4-1-17(2-5-19)22-29-14-21(34-22)15-30-11-7-16-3-6-20(13-18(16)8-12-30)33-24(9-10-24)23(31)32/h1-6,13-14H,7-12,15H2,(H,31,32). The number of ether oxygens (including phenoxy) is 1. The SMILES string of the molecule is O=C(O)C1(Oc2ccc3c(c2)CCN(Cc2cnc(-c4ccc(C(F)(F)F)cc4)s2)CC3)CC1. The highest BCUT2D eigenvalue weighted by molar-refractivity contribution is 7.15. The lowest BCUT2D eigenvalue weighted by atomic mass is 10.0. The van der Waals surface area contributed by atoms with Gasteiger partial charge in [0.15, 0.2) is 0 Å². The number of hydrogen-bond acceptors (Lipinski definition) is 5. The topological polar surface area (TPSA) is 62.7 Å². The Morgan fingerprint density at radius 1 is 1.09 bits per heavy atom. The van der Waals surface area contributed by atoms with Gasteiger partial charge in [0.25, 0.3) is 0 Å². The van der Waals surface area contributed by atoms with Gasteiger partial charge in [0.2, 0.25) is 5.60 Å². The molecule has 3 aromatic rings. The number of fused-ring (bicyclic) bond motifs is 1. The molecule has 0 radical (unpaired) electrons. The largest absolute Gasteiger partial charge is 0.478 e. The van der Waals surface area contributed by atoms with Gasteiger partial charge in [0, 0.05) is 49.1 Å². The van der Waals surface area contributed by atoms with Crippen LogP contribution in [0.5, 0.6) is 5.75 Å². The highest BCUT2D eigenvalue weighted by Gasteiger charge is 2.53. The molecule has 2 aromatic carbocycles. The minimum absolute atomic E-state index is 0.538. The summed E-state index contributed by atoms with van der Waals surface area (Å²) in [6, 6.07) is 11.0. The van der Waals surface area contributed by atoms with Crippen molar-refractivity contribution in [3.8, 4) is 16.3 Å². The van der Waals surface area contributed by atoms with E-state index < -0.39 is 23.3 Å². The molecule has 1 fully saturated rings. The van der Waals surface area contributed by atoms with Crippen LogP contribution in [0.2, 0.25) is 0 Å². The van der Waals surface area contributed by atoms with Crippen LogP contribution in [0.4, 0.5) is 13.2 Å². The van der Waals surface area contributed by atoms with Crippen LogP contribution >= 0.6 is 11.3 Å². The zero-order chi connectivity index (χ0) is 23.9. The number of rotatable bonds is 6. The van der Waals surface area contributed by atoms with Crippen LogP contribution in [0, 0.1) is 0 Å². The van der Waals surface area contributed by atoms with Gasteiger partial charge >= 0.3 is 12.1 Å². The quantitative estimate of drug-likeness (QED) is 0.502. The average Bonchev–Trinajstić information content (AvgIpc) is 3.49. The van der Waals surface area contributed by atoms with Crippen molar-refractivity contribution in [2.75, 3.05) is 13.1 Å². The molecule has 1 N–H and O–H groups in total. The fourth-order valence-electron chi connectivity index (χ4n) is 4.20. The first-order chi connectivity index (χ1) is 16.2. The second kappa shape index (κ2) is 8.70. The molecule has 9 heteroatoms. The van der Waals surface area contributed by atoms with Crippen molar-refractivity contribution < 1.29 is 27.8 Å². The van der Waals surface area contributed by atoms with Crippen molar-refractivity contribution in [3.63, 3.8) is 0 Å². The predicted octanol–water partition coefficient (Wildman–Crippen LogP) is 5.43. The van der Waals surface area contributed by atoms with E-state index in [0.29, 0.717) is 29.2 Å². The Morgan fingerprint density at radius 3 is 2.44 bits per heavy atom. The second-order valence-corrected chi connectivity index (χ2v) is 9.93. The maximum atomic E-state index is 12.8. The molecule has 1 saturated carbocycles. The van der Waals surface area contributed by atoms with Gasteiger partial charge in [0.05, 0.1) is 5.56 Å². The minimum atomic E-state index is -4.35. The number of nitrogens with zero attached hydrogens (tertiary/aromatic N) is 2. The number of alkyl halides is 3. The van der Waals surface area contributed by atoms with Gasteiger partial charge in [-0.3, -0.25) is 4.90 Å². The zero-order valence-corrected chi connectivity index (χ0v) is 19.1. The first-order valence-electron chi connectivity index (χ1n) is 11.1. The molecule has 1 aromatic heterocycles. The average molecular weight is 489 g/mol. The van der Waals surface area contributed by atoms with Gasteiger partial charge in [0.1, 0.15) is 10.8 Å². The van der Waals surface area contributed by atoms with Crippen molar-refractivity contribution in [3.05, 3.63) is 70.2 Å². The lowest BCUT2D eigenvalue weighted by Gasteiger charge is -2.18. The number of thiazole rings is 1. The highest BCUT2D eigenvalue weighted by Crippen LogP contribution is 2.41. The van der Waals surface area contributed by atoms with Crippen LogP contribution in [-0.4, -0.2) is 39.7 Å². The van der Waals surface area contributed by atoms with Gasteiger partial charge in [-0.2, -0.15) is 13.2 Å². The van der Waals surface area contributed by atoms with Crippen LogP contribution in [0.25, 0.3) is 10.6 Å². The number of hydrogen-bond donors (Lipinski definition) is 1. The van der Waals surface area contributed by atoms with Crippen molar-refractivity contribution in [2.24, 2.45) is 0 Å². The lowest BCUT2D eigenvalue weighted by molar-refractivity contribution is -0.147. The molecule has 5 rings (SSSR count). The Morgan fingerprint density at radius 2 is 1.79 bits per heavy atom. The number of halogens is 3. The van der Waals surface area contributed by atoms with Gasteiger partial charge in [-0.25, -0.2) is 9.78 Å². The molecule has 0 unspecified atom stereocenters. The number of carboxylic acids is 1. The minimum Gasteiger partial charge on any atom is -0.478 e. The van der Waals surface area contributed by atoms with E-state index in [4.69, 9.17) is 4.74 Å². The summed E-state index contributed by atoms with van der Waals surface area (Å²) in [7, 11) is 0. The van der Waals surface area contributed by atoms with Gasteiger partial charge in [-0.05, 0) is 48.2 Å². The van der Waals surface area contributed by atoms with Crippen molar-refractivity contribution in [2.45, 2.75) is 44.0 Å². The number of aliphatic carboxylic acids is 1. The van der Waals surface area contributed by atoms with Gasteiger partial charge < -0.3 is 9.84 Å². The molecule has 0 amide bonds. The summed E-state index contributed by atoms with van der Waals surface area (Å²) in [6.45, 7) is 2.44. The molecule has 0 atom stereocenters. The molecule has 2 aliphatic rings. The zero-order valence-electron chi connectivity index (χ0n) is 18.3.